The fourth-order valence-electron chi connectivity index (χ4n) is 1.42. The van der Waals surface area contributed by atoms with Crippen molar-refractivity contribution in [3.05, 3.63) is 22.9 Å². The van der Waals surface area contributed by atoms with Gasteiger partial charge in [0.1, 0.15) is 0 Å². The molecule has 7 heteroatoms. The first-order valence-corrected chi connectivity index (χ1v) is 5.12. The third-order valence-corrected chi connectivity index (χ3v) is 2.31. The molecule has 1 heterocycles. The summed E-state index contributed by atoms with van der Waals surface area (Å²) in [5.74, 6) is -2.15. The van der Waals surface area contributed by atoms with E-state index in [1.807, 2.05) is 6.92 Å². The molecule has 0 aliphatic carbocycles. The van der Waals surface area contributed by atoms with Gasteiger partial charge in [0.05, 0.1) is 12.6 Å². The first-order chi connectivity index (χ1) is 7.90. The molecule has 0 N–H and O–H groups in total. The monoisotopic (exact) mass is 247 g/mol. The maximum absolute atomic E-state index is 12.3. The van der Waals surface area contributed by atoms with E-state index in [0.717, 1.165) is 10.6 Å². The lowest BCUT2D eigenvalue weighted by atomic mass is 10.1. The predicted octanol–water partition coefficient (Wildman–Crippen LogP) is 1.76. The standard InChI is InChI=1S/C10H12F3N3O/c1-2-3-15-4-5-16(9(15)17)7-8(6-14)10(11,12)13/h4-5,8H,2-3,7H2,1H3. The van der Waals surface area contributed by atoms with Gasteiger partial charge in [-0.15, -0.1) is 0 Å². The van der Waals surface area contributed by atoms with Crippen molar-refractivity contribution in [2.45, 2.75) is 32.6 Å². The Labute approximate surface area is 95.9 Å². The highest BCUT2D eigenvalue weighted by molar-refractivity contribution is 4.91. The van der Waals surface area contributed by atoms with Gasteiger partial charge in [-0.05, 0) is 6.42 Å². The summed E-state index contributed by atoms with van der Waals surface area (Å²) in [5.41, 5.74) is -0.517. The highest BCUT2D eigenvalue weighted by Gasteiger charge is 2.40. The number of hydrogen-bond acceptors (Lipinski definition) is 2. The fraction of sp³-hybridized carbons (Fsp3) is 0.600. The minimum absolute atomic E-state index is 0.453. The minimum Gasteiger partial charge on any atom is -0.299 e. The van der Waals surface area contributed by atoms with E-state index < -0.39 is 24.3 Å². The van der Waals surface area contributed by atoms with Crippen molar-refractivity contribution in [1.82, 2.24) is 9.13 Å². The molecule has 0 amide bonds. The van der Waals surface area contributed by atoms with Crippen LogP contribution in [0.25, 0.3) is 0 Å². The molecule has 0 aliphatic heterocycles. The molecule has 0 saturated carbocycles. The van der Waals surface area contributed by atoms with E-state index in [1.54, 1.807) is 0 Å². The molecule has 0 spiro atoms. The van der Waals surface area contributed by atoms with Crippen LogP contribution < -0.4 is 5.69 Å². The van der Waals surface area contributed by atoms with Crippen LogP contribution in [0, 0.1) is 17.2 Å². The van der Waals surface area contributed by atoms with Crippen LogP contribution in [0.2, 0.25) is 0 Å². The largest absolute Gasteiger partial charge is 0.406 e. The van der Waals surface area contributed by atoms with Gasteiger partial charge in [-0.25, -0.2) is 4.79 Å². The van der Waals surface area contributed by atoms with Crippen LogP contribution in [-0.2, 0) is 13.1 Å². The Morgan fingerprint density at radius 3 is 2.47 bits per heavy atom. The maximum atomic E-state index is 12.3. The van der Waals surface area contributed by atoms with Crippen molar-refractivity contribution in [1.29, 1.82) is 5.26 Å². The first-order valence-electron chi connectivity index (χ1n) is 5.12. The molecule has 1 unspecified atom stereocenters. The van der Waals surface area contributed by atoms with Gasteiger partial charge in [0.25, 0.3) is 0 Å². The SMILES string of the molecule is CCCn1ccn(CC(C#N)C(F)(F)F)c1=O. The van der Waals surface area contributed by atoms with E-state index in [4.69, 9.17) is 5.26 Å². The van der Waals surface area contributed by atoms with Crippen LogP contribution in [-0.4, -0.2) is 15.3 Å². The van der Waals surface area contributed by atoms with Crippen molar-refractivity contribution in [3.63, 3.8) is 0 Å². The van der Waals surface area contributed by atoms with Gasteiger partial charge in [-0.3, -0.25) is 9.13 Å². The first kappa shape index (κ1) is 13.4. The second-order valence-corrected chi connectivity index (χ2v) is 3.65. The van der Waals surface area contributed by atoms with Crippen LogP contribution in [0.15, 0.2) is 17.2 Å². The third-order valence-electron chi connectivity index (χ3n) is 2.31. The number of imidazole rings is 1. The van der Waals surface area contributed by atoms with Gasteiger partial charge < -0.3 is 0 Å². The number of alkyl halides is 3. The van der Waals surface area contributed by atoms with Crippen molar-refractivity contribution < 1.29 is 13.2 Å². The molecule has 17 heavy (non-hydrogen) atoms. The van der Waals surface area contributed by atoms with Crippen LogP contribution in [0.1, 0.15) is 13.3 Å². The lowest BCUT2D eigenvalue weighted by Crippen LogP contribution is -2.31. The number of aromatic nitrogens is 2. The average molecular weight is 247 g/mol. The molecule has 0 bridgehead atoms. The van der Waals surface area contributed by atoms with Crippen molar-refractivity contribution in [3.8, 4) is 6.07 Å². The van der Waals surface area contributed by atoms with Gasteiger partial charge in [0.15, 0.2) is 5.92 Å². The Morgan fingerprint density at radius 2 is 2.00 bits per heavy atom. The molecule has 0 radical (unpaired) electrons. The highest BCUT2D eigenvalue weighted by atomic mass is 19.4. The normalized spacial score (nSPS) is 13.4. The molecule has 0 saturated heterocycles. The van der Waals surface area contributed by atoms with Crippen LogP contribution in [0.4, 0.5) is 13.2 Å². The topological polar surface area (TPSA) is 50.7 Å². The van der Waals surface area contributed by atoms with E-state index in [2.05, 4.69) is 0 Å². The summed E-state index contributed by atoms with van der Waals surface area (Å²) in [7, 11) is 0. The number of hydrogen-bond donors (Lipinski definition) is 0. The minimum atomic E-state index is -4.61. The number of aryl methyl sites for hydroxylation is 1. The lowest BCUT2D eigenvalue weighted by Gasteiger charge is -2.12. The smallest absolute Gasteiger partial charge is 0.299 e. The summed E-state index contributed by atoms with van der Waals surface area (Å²) in [6, 6.07) is 1.16. The predicted molar refractivity (Wildman–Crippen MR) is 54.1 cm³/mol. The molecule has 4 nitrogen and oxygen atoms in total. The summed E-state index contributed by atoms with van der Waals surface area (Å²) in [5, 5.41) is 8.43. The number of nitrogens with zero attached hydrogens (tertiary/aromatic N) is 3. The zero-order chi connectivity index (χ0) is 13.1. The Kier molecular flexibility index (Phi) is 3.99. The van der Waals surface area contributed by atoms with E-state index >= 15 is 0 Å². The second kappa shape index (κ2) is 5.08. The molecular weight excluding hydrogens is 235 g/mol. The molecule has 0 aliphatic rings. The summed E-state index contributed by atoms with van der Waals surface area (Å²) in [6.45, 7) is 1.65. The van der Waals surface area contributed by atoms with E-state index in [0.29, 0.717) is 13.0 Å². The van der Waals surface area contributed by atoms with Crippen molar-refractivity contribution in [2.75, 3.05) is 0 Å². The summed E-state index contributed by atoms with van der Waals surface area (Å²) in [6.07, 6.45) is -1.20. The lowest BCUT2D eigenvalue weighted by molar-refractivity contribution is -0.162. The zero-order valence-corrected chi connectivity index (χ0v) is 9.24. The number of nitriles is 1. The summed E-state index contributed by atoms with van der Waals surface area (Å²) < 4.78 is 39.3. The second-order valence-electron chi connectivity index (χ2n) is 3.65. The van der Waals surface area contributed by atoms with Gasteiger partial charge in [0.2, 0.25) is 0 Å². The molecular formula is C10H12F3N3O. The molecule has 0 fully saturated rings. The molecule has 1 atom stereocenters. The molecule has 94 valence electrons. The van der Waals surface area contributed by atoms with Crippen LogP contribution in [0.5, 0.6) is 0 Å². The average Bonchev–Trinajstić information content (AvgIpc) is 2.56. The molecule has 1 aromatic rings. The number of rotatable bonds is 4. The van der Waals surface area contributed by atoms with Crippen LogP contribution >= 0.6 is 0 Å². The quantitative estimate of drug-likeness (QED) is 0.814. The van der Waals surface area contributed by atoms with E-state index in [9.17, 15) is 18.0 Å². The summed E-state index contributed by atoms with van der Waals surface area (Å²) in [4.78, 5) is 11.6. The summed E-state index contributed by atoms with van der Waals surface area (Å²) >= 11 is 0. The fourth-order valence-corrected chi connectivity index (χ4v) is 1.42. The van der Waals surface area contributed by atoms with E-state index in [1.165, 1.54) is 17.0 Å². The molecule has 1 aromatic heterocycles. The Hall–Kier alpha value is -1.71. The van der Waals surface area contributed by atoms with Gasteiger partial charge in [-0.2, -0.15) is 18.4 Å². The van der Waals surface area contributed by atoms with Gasteiger partial charge in [-0.1, -0.05) is 6.92 Å². The number of halogens is 3. The van der Waals surface area contributed by atoms with E-state index in [-0.39, 0.29) is 0 Å². The van der Waals surface area contributed by atoms with Gasteiger partial charge >= 0.3 is 11.9 Å². The Morgan fingerprint density at radius 1 is 1.41 bits per heavy atom. The third kappa shape index (κ3) is 3.12. The maximum Gasteiger partial charge on any atom is 0.406 e. The highest BCUT2D eigenvalue weighted by Crippen LogP contribution is 2.26. The van der Waals surface area contributed by atoms with Gasteiger partial charge in [0, 0.05) is 18.9 Å². The van der Waals surface area contributed by atoms with Crippen molar-refractivity contribution in [2.24, 2.45) is 5.92 Å². The Balaban J connectivity index is 2.89. The Bertz CT molecular complexity index is 466. The zero-order valence-electron chi connectivity index (χ0n) is 9.24. The van der Waals surface area contributed by atoms with Crippen molar-refractivity contribution >= 4 is 0 Å². The molecule has 0 aromatic carbocycles. The molecule has 1 rings (SSSR count). The van der Waals surface area contributed by atoms with Crippen LogP contribution in [0.3, 0.4) is 0 Å².